The molecule has 1 aromatic carbocycles. The Morgan fingerprint density at radius 2 is 2.00 bits per heavy atom. The maximum Gasteiger partial charge on any atom is 0.149 e. The zero-order chi connectivity index (χ0) is 8.55. The third-order valence-electron chi connectivity index (χ3n) is 1.87. The van der Waals surface area contributed by atoms with Gasteiger partial charge in [0.1, 0.15) is 11.6 Å². The summed E-state index contributed by atoms with van der Waals surface area (Å²) in [6.45, 7) is 0. The van der Waals surface area contributed by atoms with Crippen LogP contribution in [0.15, 0.2) is 18.2 Å². The highest BCUT2D eigenvalue weighted by Crippen LogP contribution is 2.26. The number of halogens is 2. The molecule has 0 unspecified atom stereocenters. The van der Waals surface area contributed by atoms with Crippen LogP contribution in [0.25, 0.3) is 0 Å². The normalized spacial score (nSPS) is 16.2. The highest BCUT2D eigenvalue weighted by atomic mass is 19.1. The first kappa shape index (κ1) is 7.53. The van der Waals surface area contributed by atoms with Gasteiger partial charge < -0.3 is 5.32 Å². The molecule has 1 nitrogen and oxygen atoms in total. The molecule has 0 aromatic heterocycles. The van der Waals surface area contributed by atoms with Crippen LogP contribution in [0.5, 0.6) is 0 Å². The van der Waals surface area contributed by atoms with Crippen molar-refractivity contribution in [3.63, 3.8) is 0 Å². The fraction of sp³-hybridized carbons (Fsp3) is 0.333. The highest BCUT2D eigenvalue weighted by Gasteiger charge is 2.21. The molecular formula is C9H9F2N. The number of hydrogen-bond donors (Lipinski definition) is 1. The van der Waals surface area contributed by atoms with Crippen LogP contribution in [0.1, 0.15) is 12.8 Å². The van der Waals surface area contributed by atoms with Gasteiger partial charge in [-0.3, -0.25) is 0 Å². The first-order valence-corrected chi connectivity index (χ1v) is 3.97. The molecule has 64 valence electrons. The lowest BCUT2D eigenvalue weighted by Crippen LogP contribution is -2.02. The molecule has 12 heavy (non-hydrogen) atoms. The van der Waals surface area contributed by atoms with E-state index in [0.29, 0.717) is 11.7 Å². The Hall–Kier alpha value is -1.12. The average Bonchev–Trinajstić information content (AvgIpc) is 2.79. The monoisotopic (exact) mass is 169 g/mol. The summed E-state index contributed by atoms with van der Waals surface area (Å²) in [5.41, 5.74) is 0.402. The standard InChI is InChI=1S/C9H9F2N/c10-6-1-4-9(8(11)5-6)12-7-2-3-7/h1,4-5,7,12H,2-3H2. The second-order valence-electron chi connectivity index (χ2n) is 3.04. The topological polar surface area (TPSA) is 12.0 Å². The highest BCUT2D eigenvalue weighted by molar-refractivity contribution is 5.46. The van der Waals surface area contributed by atoms with Crippen LogP contribution in [0.4, 0.5) is 14.5 Å². The Balaban J connectivity index is 2.18. The second kappa shape index (κ2) is 2.73. The minimum Gasteiger partial charge on any atom is -0.380 e. The Morgan fingerprint density at radius 1 is 1.25 bits per heavy atom. The molecule has 1 aliphatic rings. The van der Waals surface area contributed by atoms with E-state index >= 15 is 0 Å². The Kier molecular flexibility index (Phi) is 1.71. The first-order chi connectivity index (χ1) is 5.75. The average molecular weight is 169 g/mol. The van der Waals surface area contributed by atoms with E-state index in [4.69, 9.17) is 0 Å². The first-order valence-electron chi connectivity index (χ1n) is 3.97. The maximum absolute atomic E-state index is 12.9. The summed E-state index contributed by atoms with van der Waals surface area (Å²) in [5, 5.41) is 2.97. The van der Waals surface area contributed by atoms with Gasteiger partial charge in [-0.05, 0) is 25.0 Å². The molecule has 1 aliphatic carbocycles. The van der Waals surface area contributed by atoms with Crippen LogP contribution in [-0.4, -0.2) is 6.04 Å². The molecule has 1 saturated carbocycles. The summed E-state index contributed by atoms with van der Waals surface area (Å²) in [5.74, 6) is -1.05. The van der Waals surface area contributed by atoms with Crippen LogP contribution in [0.2, 0.25) is 0 Å². The Labute approximate surface area is 69.4 Å². The molecular weight excluding hydrogens is 160 g/mol. The van der Waals surface area contributed by atoms with Crippen LogP contribution < -0.4 is 5.32 Å². The van der Waals surface area contributed by atoms with Crippen molar-refractivity contribution in [2.45, 2.75) is 18.9 Å². The van der Waals surface area contributed by atoms with Gasteiger partial charge in [-0.25, -0.2) is 8.78 Å². The molecule has 0 radical (unpaired) electrons. The Morgan fingerprint density at radius 3 is 2.58 bits per heavy atom. The van der Waals surface area contributed by atoms with Gasteiger partial charge in [0.25, 0.3) is 0 Å². The van der Waals surface area contributed by atoms with E-state index < -0.39 is 11.6 Å². The molecule has 0 spiro atoms. The van der Waals surface area contributed by atoms with Gasteiger partial charge in [0.15, 0.2) is 0 Å². The van der Waals surface area contributed by atoms with Gasteiger partial charge in [-0.1, -0.05) is 0 Å². The van der Waals surface area contributed by atoms with E-state index in [1.807, 2.05) is 0 Å². The van der Waals surface area contributed by atoms with Crippen molar-refractivity contribution in [2.24, 2.45) is 0 Å². The molecule has 0 atom stereocenters. The number of nitrogens with one attached hydrogen (secondary N) is 1. The van der Waals surface area contributed by atoms with E-state index in [1.165, 1.54) is 12.1 Å². The van der Waals surface area contributed by atoms with Gasteiger partial charge >= 0.3 is 0 Å². The zero-order valence-electron chi connectivity index (χ0n) is 6.48. The van der Waals surface area contributed by atoms with E-state index in [0.717, 1.165) is 18.9 Å². The molecule has 2 rings (SSSR count). The van der Waals surface area contributed by atoms with Crippen molar-refractivity contribution in [1.82, 2.24) is 0 Å². The summed E-state index contributed by atoms with van der Waals surface area (Å²) >= 11 is 0. The number of rotatable bonds is 2. The van der Waals surface area contributed by atoms with Crippen molar-refractivity contribution in [3.8, 4) is 0 Å². The largest absolute Gasteiger partial charge is 0.380 e. The zero-order valence-corrected chi connectivity index (χ0v) is 6.48. The molecule has 0 amide bonds. The maximum atomic E-state index is 12.9. The van der Waals surface area contributed by atoms with Crippen LogP contribution in [0.3, 0.4) is 0 Å². The lowest BCUT2D eigenvalue weighted by Gasteiger charge is -2.04. The van der Waals surface area contributed by atoms with Gasteiger partial charge in [0.2, 0.25) is 0 Å². The summed E-state index contributed by atoms with van der Waals surface area (Å²) < 4.78 is 25.4. The van der Waals surface area contributed by atoms with Crippen molar-refractivity contribution >= 4 is 5.69 Å². The molecule has 0 bridgehead atoms. The molecule has 1 fully saturated rings. The minimum absolute atomic E-state index is 0.393. The number of hydrogen-bond acceptors (Lipinski definition) is 1. The predicted molar refractivity (Wildman–Crippen MR) is 43.0 cm³/mol. The lowest BCUT2D eigenvalue weighted by atomic mass is 10.3. The van der Waals surface area contributed by atoms with Gasteiger partial charge in [-0.15, -0.1) is 0 Å². The molecule has 3 heteroatoms. The third-order valence-corrected chi connectivity index (χ3v) is 1.87. The van der Waals surface area contributed by atoms with Crippen LogP contribution in [0, 0.1) is 11.6 Å². The molecule has 0 aliphatic heterocycles. The van der Waals surface area contributed by atoms with Crippen LogP contribution in [-0.2, 0) is 0 Å². The summed E-state index contributed by atoms with van der Waals surface area (Å²) in [6.07, 6.45) is 2.16. The van der Waals surface area contributed by atoms with E-state index in [-0.39, 0.29) is 0 Å². The second-order valence-corrected chi connectivity index (χ2v) is 3.04. The fourth-order valence-corrected chi connectivity index (χ4v) is 1.05. The number of benzene rings is 1. The quantitative estimate of drug-likeness (QED) is 0.717. The smallest absolute Gasteiger partial charge is 0.149 e. The summed E-state index contributed by atoms with van der Waals surface area (Å²) in [7, 11) is 0. The fourth-order valence-electron chi connectivity index (χ4n) is 1.05. The lowest BCUT2D eigenvalue weighted by molar-refractivity contribution is 0.585. The third kappa shape index (κ3) is 1.55. The van der Waals surface area contributed by atoms with Gasteiger partial charge in [0.05, 0.1) is 5.69 Å². The van der Waals surface area contributed by atoms with E-state index in [9.17, 15) is 8.78 Å². The predicted octanol–water partition coefficient (Wildman–Crippen LogP) is 2.54. The van der Waals surface area contributed by atoms with Crippen molar-refractivity contribution < 1.29 is 8.78 Å². The van der Waals surface area contributed by atoms with E-state index in [1.54, 1.807) is 0 Å². The summed E-state index contributed by atoms with van der Waals surface area (Å²) in [6, 6.07) is 3.98. The van der Waals surface area contributed by atoms with Gasteiger partial charge in [-0.2, -0.15) is 0 Å². The molecule has 0 heterocycles. The molecule has 1 N–H and O–H groups in total. The molecule has 1 aromatic rings. The van der Waals surface area contributed by atoms with Crippen molar-refractivity contribution in [1.29, 1.82) is 0 Å². The van der Waals surface area contributed by atoms with Gasteiger partial charge in [0, 0.05) is 12.1 Å². The van der Waals surface area contributed by atoms with Crippen molar-refractivity contribution in [3.05, 3.63) is 29.8 Å². The number of anilines is 1. The molecule has 0 saturated heterocycles. The SMILES string of the molecule is Fc1ccc(NC2CC2)c(F)c1. The Bertz CT molecular complexity index is 295. The summed E-state index contributed by atoms with van der Waals surface area (Å²) in [4.78, 5) is 0. The van der Waals surface area contributed by atoms with E-state index in [2.05, 4.69) is 5.32 Å². The van der Waals surface area contributed by atoms with Crippen molar-refractivity contribution in [2.75, 3.05) is 5.32 Å². The minimum atomic E-state index is -0.533. The van der Waals surface area contributed by atoms with Crippen LogP contribution >= 0.6 is 0 Å².